The summed E-state index contributed by atoms with van der Waals surface area (Å²) in [6, 6.07) is 6.83. The molecular weight excluding hydrogens is 315 g/mol. The molecule has 2 aromatic rings. The van der Waals surface area contributed by atoms with Gasteiger partial charge in [-0.3, -0.25) is 4.79 Å². The van der Waals surface area contributed by atoms with Crippen LogP contribution in [0.1, 0.15) is 35.8 Å². The van der Waals surface area contributed by atoms with Crippen LogP contribution < -0.4 is 5.32 Å². The van der Waals surface area contributed by atoms with E-state index in [1.165, 1.54) is 42.8 Å². The second-order valence-corrected chi connectivity index (χ2v) is 6.31. The maximum Gasteiger partial charge on any atom is 0.248 e. The molecule has 1 aromatic carbocycles. The molecule has 0 spiro atoms. The van der Waals surface area contributed by atoms with Crippen molar-refractivity contribution in [2.45, 2.75) is 32.7 Å². The Hall–Kier alpha value is -2.07. The van der Waals surface area contributed by atoms with Crippen molar-refractivity contribution >= 4 is 29.3 Å². The maximum absolute atomic E-state index is 13.7. The van der Waals surface area contributed by atoms with Crippen LogP contribution in [0.25, 0.3) is 6.08 Å². The van der Waals surface area contributed by atoms with Gasteiger partial charge in [0, 0.05) is 28.5 Å². The number of benzene rings is 1. The fraction of sp³-hybridized carbons (Fsp3) is 0.278. The van der Waals surface area contributed by atoms with Gasteiger partial charge in [-0.15, -0.1) is 0 Å². The molecule has 0 bridgehead atoms. The van der Waals surface area contributed by atoms with Crippen molar-refractivity contribution in [2.75, 3.05) is 5.32 Å². The predicted octanol–water partition coefficient (Wildman–Crippen LogP) is 4.88. The molecule has 1 aliphatic carbocycles. The highest BCUT2D eigenvalue weighted by Gasteiger charge is 2.26. The summed E-state index contributed by atoms with van der Waals surface area (Å²) in [6.07, 6.45) is 5.63. The summed E-state index contributed by atoms with van der Waals surface area (Å²) >= 11 is 5.69. The fourth-order valence-corrected chi connectivity index (χ4v) is 2.96. The first kappa shape index (κ1) is 15.8. The normalized spacial score (nSPS) is 14.4. The summed E-state index contributed by atoms with van der Waals surface area (Å²) in [6.45, 7) is 4.13. The van der Waals surface area contributed by atoms with Gasteiger partial charge in [0.1, 0.15) is 5.82 Å². The Bertz CT molecular complexity index is 791. The number of hydrogen-bond acceptors (Lipinski definition) is 1. The molecule has 5 heteroatoms. The molecule has 1 amide bonds. The minimum Gasteiger partial charge on any atom is -0.346 e. The third-order valence-electron chi connectivity index (χ3n) is 4.04. The van der Waals surface area contributed by atoms with Gasteiger partial charge in [-0.1, -0.05) is 11.6 Å². The summed E-state index contributed by atoms with van der Waals surface area (Å²) in [5.74, 6) is -0.923. The predicted molar refractivity (Wildman–Crippen MR) is 91.3 cm³/mol. The highest BCUT2D eigenvalue weighted by Crippen LogP contribution is 2.38. The number of amides is 1. The molecule has 1 heterocycles. The molecule has 1 saturated carbocycles. The molecular formula is C18H18ClFN2O. The average molecular weight is 333 g/mol. The first-order valence-electron chi connectivity index (χ1n) is 7.58. The molecule has 120 valence electrons. The van der Waals surface area contributed by atoms with Gasteiger partial charge in [-0.25, -0.2) is 4.39 Å². The van der Waals surface area contributed by atoms with E-state index < -0.39 is 5.82 Å². The van der Waals surface area contributed by atoms with Crippen molar-refractivity contribution in [1.29, 1.82) is 0 Å². The van der Waals surface area contributed by atoms with Crippen LogP contribution >= 0.6 is 11.6 Å². The lowest BCUT2D eigenvalue weighted by Crippen LogP contribution is -2.09. The molecule has 3 nitrogen and oxygen atoms in total. The number of hydrogen-bond donors (Lipinski definition) is 1. The van der Waals surface area contributed by atoms with Crippen molar-refractivity contribution in [3.8, 4) is 0 Å². The van der Waals surface area contributed by atoms with Gasteiger partial charge in [0.05, 0.1) is 5.69 Å². The number of nitrogens with one attached hydrogen (secondary N) is 1. The number of anilines is 1. The van der Waals surface area contributed by atoms with Crippen LogP contribution in [-0.2, 0) is 4.79 Å². The van der Waals surface area contributed by atoms with Gasteiger partial charge in [0.2, 0.25) is 5.91 Å². The van der Waals surface area contributed by atoms with Gasteiger partial charge >= 0.3 is 0 Å². The summed E-state index contributed by atoms with van der Waals surface area (Å²) in [7, 11) is 0. The zero-order valence-corrected chi connectivity index (χ0v) is 13.8. The Morgan fingerprint density at radius 3 is 2.74 bits per heavy atom. The second kappa shape index (κ2) is 6.20. The van der Waals surface area contributed by atoms with Crippen molar-refractivity contribution in [3.05, 3.63) is 58.1 Å². The van der Waals surface area contributed by atoms with Crippen molar-refractivity contribution in [1.82, 2.24) is 4.57 Å². The molecule has 0 unspecified atom stereocenters. The first-order chi connectivity index (χ1) is 11.0. The molecule has 0 aliphatic heterocycles. The van der Waals surface area contributed by atoms with Crippen LogP contribution in [0.2, 0.25) is 5.02 Å². The number of rotatable bonds is 4. The third kappa shape index (κ3) is 3.48. The lowest BCUT2D eigenvalue weighted by molar-refractivity contribution is -0.111. The number of aryl methyl sites for hydroxylation is 1. The Balaban J connectivity index is 1.72. The lowest BCUT2D eigenvalue weighted by Gasteiger charge is -2.06. The number of carbonyl (C=O) groups excluding carboxylic acids is 1. The van der Waals surface area contributed by atoms with E-state index in [0.29, 0.717) is 11.1 Å². The van der Waals surface area contributed by atoms with E-state index in [2.05, 4.69) is 29.8 Å². The maximum atomic E-state index is 13.7. The summed E-state index contributed by atoms with van der Waals surface area (Å²) in [5.41, 5.74) is 3.49. The molecule has 1 N–H and O–H groups in total. The molecule has 1 aliphatic rings. The van der Waals surface area contributed by atoms with Crippen molar-refractivity contribution in [3.63, 3.8) is 0 Å². The van der Waals surface area contributed by atoms with E-state index in [0.717, 1.165) is 11.3 Å². The topological polar surface area (TPSA) is 34.0 Å². The van der Waals surface area contributed by atoms with E-state index in [9.17, 15) is 9.18 Å². The van der Waals surface area contributed by atoms with Crippen molar-refractivity contribution < 1.29 is 9.18 Å². The molecule has 0 saturated heterocycles. The Kier molecular flexibility index (Phi) is 4.26. The molecule has 3 rings (SSSR count). The van der Waals surface area contributed by atoms with Gasteiger partial charge < -0.3 is 9.88 Å². The fourth-order valence-electron chi connectivity index (χ4n) is 2.80. The van der Waals surface area contributed by atoms with Crippen LogP contribution in [0.5, 0.6) is 0 Å². The SMILES string of the molecule is Cc1cc(/C=C/C(=O)Nc2ccc(Cl)cc2F)c(C)n1C1CC1. The van der Waals surface area contributed by atoms with E-state index >= 15 is 0 Å². The molecule has 0 radical (unpaired) electrons. The van der Waals surface area contributed by atoms with Crippen LogP contribution in [0.3, 0.4) is 0 Å². The highest BCUT2D eigenvalue weighted by atomic mass is 35.5. The standard InChI is InChI=1S/C18H18ClFN2O/c1-11-9-13(12(2)22(11)15-5-6-15)3-8-18(23)21-17-7-4-14(19)10-16(17)20/h3-4,7-10,15H,5-6H2,1-2H3,(H,21,23)/b8-3+. The van der Waals surface area contributed by atoms with E-state index in [-0.39, 0.29) is 11.6 Å². The quantitative estimate of drug-likeness (QED) is 0.795. The monoisotopic (exact) mass is 332 g/mol. The lowest BCUT2D eigenvalue weighted by atomic mass is 10.2. The van der Waals surface area contributed by atoms with E-state index in [1.807, 2.05) is 0 Å². The molecule has 1 fully saturated rings. The minimum absolute atomic E-state index is 0.118. The molecule has 23 heavy (non-hydrogen) atoms. The van der Waals surface area contributed by atoms with Gasteiger partial charge in [-0.2, -0.15) is 0 Å². The Morgan fingerprint density at radius 2 is 2.09 bits per heavy atom. The number of halogens is 2. The Labute approximate surface area is 139 Å². The van der Waals surface area contributed by atoms with Crippen LogP contribution in [-0.4, -0.2) is 10.5 Å². The van der Waals surface area contributed by atoms with Gasteiger partial charge in [0.15, 0.2) is 0 Å². The highest BCUT2D eigenvalue weighted by molar-refractivity contribution is 6.30. The average Bonchev–Trinajstić information content (AvgIpc) is 3.27. The molecule has 0 atom stereocenters. The van der Waals surface area contributed by atoms with Gasteiger partial charge in [-0.05, 0) is 62.6 Å². The van der Waals surface area contributed by atoms with Crippen molar-refractivity contribution in [2.24, 2.45) is 0 Å². The summed E-state index contributed by atoms with van der Waals surface area (Å²) < 4.78 is 16.0. The zero-order chi connectivity index (χ0) is 16.6. The van der Waals surface area contributed by atoms with E-state index in [4.69, 9.17) is 11.6 Å². The minimum atomic E-state index is -0.550. The van der Waals surface area contributed by atoms with E-state index in [1.54, 1.807) is 6.08 Å². The third-order valence-corrected chi connectivity index (χ3v) is 4.27. The summed E-state index contributed by atoms with van der Waals surface area (Å²) in [5, 5.41) is 2.81. The smallest absolute Gasteiger partial charge is 0.248 e. The largest absolute Gasteiger partial charge is 0.346 e. The molecule has 1 aromatic heterocycles. The van der Waals surface area contributed by atoms with Crippen LogP contribution in [0.15, 0.2) is 30.3 Å². The summed E-state index contributed by atoms with van der Waals surface area (Å²) in [4.78, 5) is 12.0. The number of carbonyl (C=O) groups is 1. The van der Waals surface area contributed by atoms with Crippen LogP contribution in [0, 0.1) is 19.7 Å². The number of nitrogens with zero attached hydrogens (tertiary/aromatic N) is 1. The zero-order valence-electron chi connectivity index (χ0n) is 13.1. The second-order valence-electron chi connectivity index (χ2n) is 5.87. The first-order valence-corrected chi connectivity index (χ1v) is 7.96. The Morgan fingerprint density at radius 1 is 1.35 bits per heavy atom. The van der Waals surface area contributed by atoms with Gasteiger partial charge in [0.25, 0.3) is 0 Å². The van der Waals surface area contributed by atoms with Crippen LogP contribution in [0.4, 0.5) is 10.1 Å². The number of aromatic nitrogens is 1.